The topological polar surface area (TPSA) is 96.2 Å². The van der Waals surface area contributed by atoms with E-state index in [1.807, 2.05) is 0 Å². The second kappa shape index (κ2) is 7.10. The number of thiophene rings is 1. The molecule has 0 bridgehead atoms. The lowest BCUT2D eigenvalue weighted by Crippen LogP contribution is -2.19. The van der Waals surface area contributed by atoms with Crippen molar-refractivity contribution >= 4 is 40.4 Å². The predicted molar refractivity (Wildman–Crippen MR) is 94.9 cm³/mol. The number of halogens is 4. The molecule has 0 spiro atoms. The standard InChI is InChI=1S/C17H11ClF3NO5S/c1-6-7(4-11(23)24)13-9(22-6)5-8(18)15(25)14(13)16(26)10-2-3-12(28-10)27-17(19,20)21/h2-3,25H,4-5H2,1H3,(H,23,24). The van der Waals surface area contributed by atoms with E-state index in [2.05, 4.69) is 9.73 Å². The van der Waals surface area contributed by atoms with Gasteiger partial charge in [-0.1, -0.05) is 22.9 Å². The summed E-state index contributed by atoms with van der Waals surface area (Å²) >= 11 is 6.45. The third-order valence-corrected chi connectivity index (χ3v) is 5.25. The number of aliphatic imine (C=N–C) groups is 1. The van der Waals surface area contributed by atoms with Gasteiger partial charge in [0.15, 0.2) is 5.06 Å². The van der Waals surface area contributed by atoms with Crippen LogP contribution in [0.2, 0.25) is 0 Å². The summed E-state index contributed by atoms with van der Waals surface area (Å²) in [5, 5.41) is 18.9. The normalized spacial score (nSPS) is 17.1. The third-order valence-electron chi connectivity index (χ3n) is 3.97. The molecule has 0 amide bonds. The van der Waals surface area contributed by atoms with Crippen LogP contribution in [0, 0.1) is 0 Å². The largest absolute Gasteiger partial charge is 0.573 e. The molecular formula is C17H11ClF3NO5S. The Morgan fingerprint density at radius 1 is 1.36 bits per heavy atom. The molecule has 148 valence electrons. The number of aliphatic hydroxyl groups excluding tert-OH is 1. The molecule has 0 aromatic carbocycles. The van der Waals surface area contributed by atoms with Gasteiger partial charge in [0, 0.05) is 17.7 Å². The first kappa shape index (κ1) is 20.2. The number of carbonyl (C=O) groups is 2. The summed E-state index contributed by atoms with van der Waals surface area (Å²) in [6.07, 6.45) is -5.35. The van der Waals surface area contributed by atoms with Crippen LogP contribution in [-0.4, -0.2) is 34.0 Å². The van der Waals surface area contributed by atoms with Gasteiger partial charge in [0.05, 0.1) is 27.6 Å². The zero-order valence-electron chi connectivity index (χ0n) is 14.1. The van der Waals surface area contributed by atoms with Crippen molar-refractivity contribution in [3.63, 3.8) is 0 Å². The van der Waals surface area contributed by atoms with Crippen LogP contribution < -0.4 is 4.74 Å². The molecule has 0 unspecified atom stereocenters. The second-order valence-corrected chi connectivity index (χ2v) is 7.37. The highest BCUT2D eigenvalue weighted by Gasteiger charge is 2.37. The average Bonchev–Trinajstić information content (AvgIpc) is 3.12. The maximum absolute atomic E-state index is 13.0. The van der Waals surface area contributed by atoms with Gasteiger partial charge in [-0.3, -0.25) is 14.6 Å². The van der Waals surface area contributed by atoms with Crippen LogP contribution in [0.25, 0.3) is 0 Å². The lowest BCUT2D eigenvalue weighted by molar-refractivity contribution is -0.273. The number of aliphatic hydroxyl groups is 1. The van der Waals surface area contributed by atoms with Crippen LogP contribution in [-0.2, 0) is 4.79 Å². The van der Waals surface area contributed by atoms with Crippen LogP contribution in [0.4, 0.5) is 13.2 Å². The number of carbonyl (C=O) groups excluding carboxylic acids is 1. The molecule has 0 fully saturated rings. The van der Waals surface area contributed by atoms with Gasteiger partial charge in [0.25, 0.3) is 0 Å². The number of ether oxygens (including phenoxy) is 1. The maximum Gasteiger partial charge on any atom is 0.573 e. The number of fused-ring (bicyclic) bond motifs is 1. The Morgan fingerprint density at radius 3 is 2.64 bits per heavy atom. The van der Waals surface area contributed by atoms with Gasteiger partial charge in [0.1, 0.15) is 5.76 Å². The molecule has 1 aromatic rings. The SMILES string of the molecule is CC1=C(CC(=O)O)C2=C(C(=O)c3ccc(OC(F)(F)F)s3)C(O)=C(Cl)CC2=N1. The minimum atomic E-state index is -4.91. The van der Waals surface area contributed by atoms with Gasteiger partial charge < -0.3 is 14.9 Å². The highest BCUT2D eigenvalue weighted by molar-refractivity contribution is 7.16. The van der Waals surface area contributed by atoms with E-state index in [-0.39, 0.29) is 33.0 Å². The summed E-state index contributed by atoms with van der Waals surface area (Å²) in [7, 11) is 0. The summed E-state index contributed by atoms with van der Waals surface area (Å²) < 4.78 is 40.9. The van der Waals surface area contributed by atoms with Crippen LogP contribution in [0.5, 0.6) is 5.06 Å². The monoisotopic (exact) mass is 433 g/mol. The quantitative estimate of drug-likeness (QED) is 0.654. The summed E-state index contributed by atoms with van der Waals surface area (Å²) in [5.74, 6) is -2.52. The predicted octanol–water partition coefficient (Wildman–Crippen LogP) is 4.74. The van der Waals surface area contributed by atoms with Gasteiger partial charge in [0.2, 0.25) is 5.78 Å². The first-order valence-corrected chi connectivity index (χ1v) is 8.89. The van der Waals surface area contributed by atoms with Crippen molar-refractivity contribution in [2.24, 2.45) is 4.99 Å². The Hall–Kier alpha value is -2.59. The molecule has 0 saturated carbocycles. The number of rotatable bonds is 5. The number of carboxylic acids is 1. The summed E-state index contributed by atoms with van der Waals surface area (Å²) in [5.41, 5.74) is 0.791. The fourth-order valence-electron chi connectivity index (χ4n) is 2.91. The van der Waals surface area contributed by atoms with Crippen LogP contribution in [0.3, 0.4) is 0 Å². The Labute approximate surface area is 164 Å². The van der Waals surface area contributed by atoms with Crippen molar-refractivity contribution in [1.82, 2.24) is 0 Å². The molecule has 2 heterocycles. The number of hydrogen-bond donors (Lipinski definition) is 2. The van der Waals surface area contributed by atoms with Crippen LogP contribution in [0.15, 0.2) is 50.3 Å². The van der Waals surface area contributed by atoms with E-state index in [4.69, 9.17) is 16.7 Å². The fraction of sp³-hybridized carbons (Fsp3) is 0.235. The molecule has 1 aliphatic heterocycles. The molecule has 1 aromatic heterocycles. The highest BCUT2D eigenvalue weighted by atomic mass is 35.5. The first-order chi connectivity index (χ1) is 13.0. The summed E-state index contributed by atoms with van der Waals surface area (Å²) in [4.78, 5) is 28.2. The van der Waals surface area contributed by atoms with E-state index < -0.39 is 35.4 Å². The maximum atomic E-state index is 13.0. The number of ketones is 1. The van der Waals surface area contributed by atoms with E-state index in [9.17, 15) is 27.9 Å². The van der Waals surface area contributed by atoms with Crippen molar-refractivity contribution in [3.05, 3.63) is 50.2 Å². The van der Waals surface area contributed by atoms with Crippen molar-refractivity contribution in [2.75, 3.05) is 0 Å². The summed E-state index contributed by atoms with van der Waals surface area (Å²) in [6.45, 7) is 1.56. The van der Waals surface area contributed by atoms with Crippen LogP contribution >= 0.6 is 22.9 Å². The molecular weight excluding hydrogens is 423 g/mol. The molecule has 0 radical (unpaired) electrons. The second-order valence-electron chi connectivity index (χ2n) is 5.87. The van der Waals surface area contributed by atoms with Gasteiger partial charge in [-0.2, -0.15) is 0 Å². The highest BCUT2D eigenvalue weighted by Crippen LogP contribution is 2.42. The van der Waals surface area contributed by atoms with Crippen LogP contribution in [0.1, 0.15) is 29.4 Å². The Morgan fingerprint density at radius 2 is 2.04 bits per heavy atom. The summed E-state index contributed by atoms with van der Waals surface area (Å²) in [6, 6.07) is 2.10. The molecule has 0 saturated heterocycles. The number of allylic oxidation sites excluding steroid dienone is 4. The molecule has 11 heteroatoms. The third kappa shape index (κ3) is 3.83. The van der Waals surface area contributed by atoms with E-state index in [1.165, 1.54) is 0 Å². The van der Waals surface area contributed by atoms with Gasteiger partial charge >= 0.3 is 12.3 Å². The molecule has 2 aliphatic rings. The van der Waals surface area contributed by atoms with Gasteiger partial charge in [-0.25, -0.2) is 0 Å². The molecule has 0 atom stereocenters. The minimum absolute atomic E-state index is 0.00678. The number of Topliss-reactive ketones (excluding diaryl/α,β-unsaturated/α-hetero) is 1. The molecule has 1 aliphatic carbocycles. The number of aliphatic carboxylic acids is 1. The molecule has 6 nitrogen and oxygen atoms in total. The van der Waals surface area contributed by atoms with E-state index in [0.29, 0.717) is 22.7 Å². The Kier molecular flexibility index (Phi) is 5.11. The zero-order valence-corrected chi connectivity index (χ0v) is 15.6. The zero-order chi connectivity index (χ0) is 20.8. The lowest BCUT2D eigenvalue weighted by Gasteiger charge is -2.19. The van der Waals surface area contributed by atoms with Crippen molar-refractivity contribution in [1.29, 1.82) is 0 Å². The Balaban J connectivity index is 2.08. The van der Waals surface area contributed by atoms with Gasteiger partial charge in [-0.05, 0) is 24.6 Å². The molecule has 3 rings (SSSR count). The van der Waals surface area contributed by atoms with Crippen molar-refractivity contribution < 1.29 is 37.7 Å². The van der Waals surface area contributed by atoms with Gasteiger partial charge in [-0.15, -0.1) is 13.2 Å². The van der Waals surface area contributed by atoms with E-state index in [0.717, 1.165) is 12.1 Å². The van der Waals surface area contributed by atoms with Crippen molar-refractivity contribution in [2.45, 2.75) is 26.1 Å². The number of nitrogens with zero attached hydrogens (tertiary/aromatic N) is 1. The molecule has 28 heavy (non-hydrogen) atoms. The number of alkyl halides is 3. The Bertz CT molecular complexity index is 1020. The number of hydrogen-bond acceptors (Lipinski definition) is 6. The average molecular weight is 434 g/mol. The molecule has 2 N–H and O–H groups in total. The minimum Gasteiger partial charge on any atom is -0.506 e. The lowest BCUT2D eigenvalue weighted by atomic mass is 9.86. The van der Waals surface area contributed by atoms with E-state index in [1.54, 1.807) is 6.92 Å². The van der Waals surface area contributed by atoms with E-state index >= 15 is 0 Å². The fourth-order valence-corrected chi connectivity index (χ4v) is 3.95. The first-order valence-electron chi connectivity index (χ1n) is 7.70. The smallest absolute Gasteiger partial charge is 0.506 e. The number of carboxylic acid groups (broad SMARTS) is 1. The van der Waals surface area contributed by atoms with Crippen molar-refractivity contribution in [3.8, 4) is 5.06 Å².